The number of hydrogen-bond donors (Lipinski definition) is 1. The zero-order chi connectivity index (χ0) is 12.6. The molecule has 1 amide bonds. The first-order chi connectivity index (χ1) is 8.02. The topological polar surface area (TPSA) is 41.6 Å². The third-order valence-corrected chi connectivity index (χ3v) is 4.31. The van der Waals surface area contributed by atoms with Crippen molar-refractivity contribution in [1.29, 1.82) is 0 Å². The maximum atomic E-state index is 12.6. The quantitative estimate of drug-likeness (QED) is 0.739. The summed E-state index contributed by atoms with van der Waals surface area (Å²) in [6.45, 7) is 11.0. The number of nitrogens with one attached hydrogen (secondary N) is 1. The van der Waals surface area contributed by atoms with Crippen LogP contribution in [0.5, 0.6) is 0 Å². The van der Waals surface area contributed by atoms with Crippen LogP contribution in [0.15, 0.2) is 0 Å². The molecule has 0 radical (unpaired) electrons. The van der Waals surface area contributed by atoms with Gasteiger partial charge in [-0.1, -0.05) is 6.92 Å². The minimum absolute atomic E-state index is 0.0329. The fourth-order valence-electron chi connectivity index (χ4n) is 3.05. The van der Waals surface area contributed by atoms with E-state index in [0.29, 0.717) is 12.0 Å². The van der Waals surface area contributed by atoms with Crippen LogP contribution < -0.4 is 5.32 Å². The molecule has 0 saturated carbocycles. The number of carbonyl (C=O) groups excluding carboxylic acids is 1. The molecule has 2 aliphatic rings. The zero-order valence-corrected chi connectivity index (χ0v) is 11.3. The molecule has 4 heteroatoms. The summed E-state index contributed by atoms with van der Waals surface area (Å²) in [4.78, 5) is 14.6. The predicted octanol–water partition coefficient (Wildman–Crippen LogP) is 0.866. The van der Waals surface area contributed by atoms with Gasteiger partial charge in [-0.25, -0.2) is 0 Å². The van der Waals surface area contributed by atoms with Crippen molar-refractivity contribution >= 4 is 5.91 Å². The van der Waals surface area contributed by atoms with E-state index in [1.807, 2.05) is 11.8 Å². The van der Waals surface area contributed by atoms with Crippen LogP contribution in [-0.2, 0) is 9.53 Å². The second kappa shape index (κ2) is 4.94. The van der Waals surface area contributed by atoms with Crippen molar-refractivity contribution in [2.24, 2.45) is 11.8 Å². The fraction of sp³-hybridized carbons (Fsp3) is 0.923. The molecule has 2 rings (SSSR count). The Kier molecular flexibility index (Phi) is 3.73. The van der Waals surface area contributed by atoms with Crippen LogP contribution >= 0.6 is 0 Å². The average Bonchev–Trinajstić information content (AvgIpc) is 2.53. The minimum atomic E-state index is 0.0329. The van der Waals surface area contributed by atoms with Crippen LogP contribution in [0.4, 0.5) is 0 Å². The molecule has 2 saturated heterocycles. The van der Waals surface area contributed by atoms with Crippen molar-refractivity contribution in [2.75, 3.05) is 19.6 Å². The van der Waals surface area contributed by atoms with Gasteiger partial charge in [-0.3, -0.25) is 4.79 Å². The van der Waals surface area contributed by atoms with Gasteiger partial charge in [0, 0.05) is 25.7 Å². The lowest BCUT2D eigenvalue weighted by atomic mass is 9.88. The van der Waals surface area contributed by atoms with Crippen molar-refractivity contribution < 1.29 is 9.53 Å². The molecule has 2 fully saturated rings. The summed E-state index contributed by atoms with van der Waals surface area (Å²) in [6, 6.07) is 0.298. The summed E-state index contributed by atoms with van der Waals surface area (Å²) < 4.78 is 5.77. The Bertz CT molecular complexity index is 295. The molecule has 98 valence electrons. The molecular weight excluding hydrogens is 216 g/mol. The summed E-state index contributed by atoms with van der Waals surface area (Å²) in [5.74, 6) is 0.633. The van der Waals surface area contributed by atoms with Crippen LogP contribution in [0.25, 0.3) is 0 Å². The first-order valence-corrected chi connectivity index (χ1v) is 6.69. The molecule has 1 N–H and O–H groups in total. The van der Waals surface area contributed by atoms with Gasteiger partial charge in [-0.15, -0.1) is 0 Å². The Hall–Kier alpha value is -0.610. The van der Waals surface area contributed by atoms with Crippen molar-refractivity contribution in [3.8, 4) is 0 Å². The van der Waals surface area contributed by atoms with Crippen LogP contribution in [0.1, 0.15) is 27.7 Å². The first kappa shape index (κ1) is 12.8. The number of rotatable bonds is 1. The zero-order valence-electron chi connectivity index (χ0n) is 11.3. The Morgan fingerprint density at radius 1 is 1.24 bits per heavy atom. The van der Waals surface area contributed by atoms with Gasteiger partial charge in [0.15, 0.2) is 0 Å². The standard InChI is InChI=1S/C13H24N2O2/c1-8-7-14-5-6-15(8)13(16)12-9(2)10(3)17-11(12)4/h8-12,14H,5-7H2,1-4H3/t8-,9?,10?,11?,12?/m0/s1. The number of nitrogens with zero attached hydrogens (tertiary/aromatic N) is 1. The third-order valence-electron chi connectivity index (χ3n) is 4.31. The number of amides is 1. The molecule has 0 aromatic heterocycles. The lowest BCUT2D eigenvalue weighted by Crippen LogP contribution is -2.55. The van der Waals surface area contributed by atoms with Gasteiger partial charge in [-0.2, -0.15) is 0 Å². The van der Waals surface area contributed by atoms with Crippen LogP contribution in [0, 0.1) is 11.8 Å². The maximum Gasteiger partial charge on any atom is 0.228 e. The number of hydrogen-bond acceptors (Lipinski definition) is 3. The lowest BCUT2D eigenvalue weighted by molar-refractivity contribution is -0.140. The Balaban J connectivity index is 2.08. The van der Waals surface area contributed by atoms with Gasteiger partial charge >= 0.3 is 0 Å². The predicted molar refractivity (Wildman–Crippen MR) is 66.7 cm³/mol. The molecule has 17 heavy (non-hydrogen) atoms. The third kappa shape index (κ3) is 2.33. The highest BCUT2D eigenvalue weighted by Crippen LogP contribution is 2.33. The van der Waals surface area contributed by atoms with Gasteiger partial charge in [0.2, 0.25) is 5.91 Å². The Morgan fingerprint density at radius 3 is 2.47 bits per heavy atom. The Labute approximate surface area is 104 Å². The molecule has 0 aliphatic carbocycles. The largest absolute Gasteiger partial charge is 0.374 e. The maximum absolute atomic E-state index is 12.6. The smallest absolute Gasteiger partial charge is 0.228 e. The van der Waals surface area contributed by atoms with E-state index in [-0.39, 0.29) is 24.0 Å². The van der Waals surface area contributed by atoms with Crippen molar-refractivity contribution in [3.05, 3.63) is 0 Å². The molecule has 2 heterocycles. The van der Waals surface area contributed by atoms with E-state index < -0.39 is 0 Å². The van der Waals surface area contributed by atoms with E-state index >= 15 is 0 Å². The van der Waals surface area contributed by atoms with E-state index in [0.717, 1.165) is 19.6 Å². The van der Waals surface area contributed by atoms with Gasteiger partial charge in [0.05, 0.1) is 18.1 Å². The van der Waals surface area contributed by atoms with Gasteiger partial charge in [-0.05, 0) is 26.7 Å². The van der Waals surface area contributed by atoms with Crippen LogP contribution in [-0.4, -0.2) is 48.7 Å². The molecule has 0 aromatic rings. The highest BCUT2D eigenvalue weighted by atomic mass is 16.5. The van der Waals surface area contributed by atoms with Crippen LogP contribution in [0.2, 0.25) is 0 Å². The van der Waals surface area contributed by atoms with Gasteiger partial charge in [0.25, 0.3) is 0 Å². The molecular formula is C13H24N2O2. The second-order valence-corrected chi connectivity index (χ2v) is 5.52. The van der Waals surface area contributed by atoms with E-state index in [2.05, 4.69) is 26.1 Å². The van der Waals surface area contributed by atoms with Crippen molar-refractivity contribution in [2.45, 2.75) is 45.9 Å². The summed E-state index contributed by atoms with van der Waals surface area (Å²) in [7, 11) is 0. The van der Waals surface area contributed by atoms with Gasteiger partial charge < -0.3 is 15.0 Å². The average molecular weight is 240 g/mol. The highest BCUT2D eigenvalue weighted by molar-refractivity contribution is 5.80. The molecule has 0 spiro atoms. The normalized spacial score (nSPS) is 42.8. The fourth-order valence-corrected chi connectivity index (χ4v) is 3.05. The van der Waals surface area contributed by atoms with Crippen molar-refractivity contribution in [1.82, 2.24) is 10.2 Å². The molecule has 4 unspecified atom stereocenters. The first-order valence-electron chi connectivity index (χ1n) is 6.69. The number of ether oxygens (including phenoxy) is 1. The number of carbonyl (C=O) groups is 1. The monoisotopic (exact) mass is 240 g/mol. The summed E-state index contributed by atoms with van der Waals surface area (Å²) in [6.07, 6.45) is 0.242. The minimum Gasteiger partial charge on any atom is -0.374 e. The SMILES string of the molecule is CC1OC(C)C(C(=O)N2CCNC[C@@H]2C)C1C. The lowest BCUT2D eigenvalue weighted by Gasteiger charge is -2.37. The number of piperazine rings is 1. The van der Waals surface area contributed by atoms with Crippen molar-refractivity contribution in [3.63, 3.8) is 0 Å². The van der Waals surface area contributed by atoms with Gasteiger partial charge in [0.1, 0.15) is 0 Å². The van der Waals surface area contributed by atoms with E-state index in [1.54, 1.807) is 0 Å². The van der Waals surface area contributed by atoms with Crippen LogP contribution in [0.3, 0.4) is 0 Å². The second-order valence-electron chi connectivity index (χ2n) is 5.52. The molecule has 0 aromatic carbocycles. The molecule has 0 bridgehead atoms. The molecule has 5 atom stereocenters. The van der Waals surface area contributed by atoms with E-state index in [1.165, 1.54) is 0 Å². The highest BCUT2D eigenvalue weighted by Gasteiger charge is 2.44. The van der Waals surface area contributed by atoms with E-state index in [9.17, 15) is 4.79 Å². The summed E-state index contributed by atoms with van der Waals surface area (Å²) in [5.41, 5.74) is 0. The Morgan fingerprint density at radius 2 is 1.94 bits per heavy atom. The molecule has 2 aliphatic heterocycles. The summed E-state index contributed by atoms with van der Waals surface area (Å²) in [5, 5.41) is 3.32. The molecule has 4 nitrogen and oxygen atoms in total. The summed E-state index contributed by atoms with van der Waals surface area (Å²) >= 11 is 0. The van der Waals surface area contributed by atoms with E-state index in [4.69, 9.17) is 4.74 Å².